The summed E-state index contributed by atoms with van der Waals surface area (Å²) in [6.07, 6.45) is 1.29. The van der Waals surface area contributed by atoms with Crippen molar-refractivity contribution in [3.05, 3.63) is 35.9 Å². The third-order valence-corrected chi connectivity index (χ3v) is 8.64. The van der Waals surface area contributed by atoms with Crippen molar-refractivity contribution in [1.82, 2.24) is 31.5 Å². The lowest BCUT2D eigenvalue weighted by atomic mass is 10.0. The van der Waals surface area contributed by atoms with Crippen molar-refractivity contribution in [2.24, 2.45) is 11.5 Å². The first-order chi connectivity index (χ1) is 26.0. The fourth-order valence-corrected chi connectivity index (χ4v) is 5.56. The number of carbonyl (C=O) groups is 8. The van der Waals surface area contributed by atoms with Crippen LogP contribution in [0.4, 0.5) is 0 Å². The molecule has 1 aromatic rings. The Morgan fingerprint density at radius 2 is 1.35 bits per heavy atom. The summed E-state index contributed by atoms with van der Waals surface area (Å²) < 4.78 is 9.83. The topological polar surface area (TPSA) is 291 Å². The molecule has 10 N–H and O–H groups in total. The van der Waals surface area contributed by atoms with Gasteiger partial charge in [-0.3, -0.25) is 38.5 Å². The minimum Gasteiger partial charge on any atom is -0.480 e. The van der Waals surface area contributed by atoms with E-state index >= 15 is 0 Å². The van der Waals surface area contributed by atoms with E-state index in [-0.39, 0.29) is 57.3 Å². The van der Waals surface area contributed by atoms with Gasteiger partial charge in [-0.15, -0.1) is 11.8 Å². The predicted molar refractivity (Wildman–Crippen MR) is 203 cm³/mol. The summed E-state index contributed by atoms with van der Waals surface area (Å²) in [5.41, 5.74) is 12.1. The smallest absolute Gasteiger partial charge is 0.327 e. The van der Waals surface area contributed by atoms with Gasteiger partial charge in [0.2, 0.25) is 29.5 Å². The molecule has 0 saturated heterocycles. The van der Waals surface area contributed by atoms with Crippen LogP contribution in [0.1, 0.15) is 52.5 Å². The number of aliphatic carboxylic acids is 1. The normalized spacial score (nSPS) is 13.6. The Labute approximate surface area is 325 Å². The molecular weight excluding hydrogens is 740 g/mol. The highest BCUT2D eigenvalue weighted by Crippen LogP contribution is 2.08. The molecule has 0 aliphatic heterocycles. The molecule has 0 aromatic heterocycles. The summed E-state index contributed by atoms with van der Waals surface area (Å²) in [4.78, 5) is 101. The second-order valence-corrected chi connectivity index (χ2v) is 13.6. The van der Waals surface area contributed by atoms with Gasteiger partial charge >= 0.3 is 17.9 Å². The Morgan fingerprint density at radius 1 is 0.782 bits per heavy atom. The van der Waals surface area contributed by atoms with Gasteiger partial charge in [-0.1, -0.05) is 30.3 Å². The minimum absolute atomic E-state index is 0.00734. The molecule has 308 valence electrons. The molecule has 0 spiro atoms. The lowest BCUT2D eigenvalue weighted by Crippen LogP contribution is -2.58. The molecule has 0 fully saturated rings. The van der Waals surface area contributed by atoms with Crippen molar-refractivity contribution < 1.29 is 52.9 Å². The molecule has 1 aromatic carbocycles. The maximum Gasteiger partial charge on any atom is 0.327 e. The number of thioether (sulfide) groups is 1. The zero-order valence-electron chi connectivity index (χ0n) is 31.8. The van der Waals surface area contributed by atoms with Crippen LogP contribution in [-0.2, 0) is 54.3 Å². The summed E-state index contributed by atoms with van der Waals surface area (Å²) in [5.74, 6) is -5.62. The Kier molecular flexibility index (Phi) is 23.6. The molecule has 0 heterocycles. The molecule has 5 amide bonds. The largest absolute Gasteiger partial charge is 0.480 e. The number of hydrogen-bond donors (Lipinski definition) is 8. The van der Waals surface area contributed by atoms with E-state index in [4.69, 9.17) is 20.9 Å². The van der Waals surface area contributed by atoms with Gasteiger partial charge in [-0.2, -0.15) is 0 Å². The fraction of sp³-hybridized carbons (Fsp3) is 0.600. The number of rotatable bonds is 27. The van der Waals surface area contributed by atoms with Crippen LogP contribution in [0.2, 0.25) is 0 Å². The molecule has 1 rings (SSSR count). The van der Waals surface area contributed by atoms with Crippen molar-refractivity contribution >= 4 is 59.2 Å². The van der Waals surface area contributed by atoms with Crippen molar-refractivity contribution in [2.45, 2.75) is 83.6 Å². The van der Waals surface area contributed by atoms with E-state index in [1.807, 2.05) is 0 Å². The Morgan fingerprint density at radius 3 is 1.89 bits per heavy atom. The minimum atomic E-state index is -1.38. The van der Waals surface area contributed by atoms with E-state index in [9.17, 15) is 43.5 Å². The van der Waals surface area contributed by atoms with Crippen LogP contribution in [0.5, 0.6) is 0 Å². The summed E-state index contributed by atoms with van der Waals surface area (Å²) in [5, 5.41) is 22.6. The number of ether oxygens (including phenoxy) is 2. The number of amides is 5. The fourth-order valence-electron chi connectivity index (χ4n) is 4.72. The third kappa shape index (κ3) is 21.6. The van der Waals surface area contributed by atoms with Crippen molar-refractivity contribution in [1.29, 1.82) is 0 Å². The molecule has 0 aliphatic carbocycles. The second kappa shape index (κ2) is 26.9. The maximum absolute atomic E-state index is 13.5. The standard InChI is InChI=1S/C35H56N8O11S/c1-22(37)31(47)41-28(18-26-10-6-5-7-11-26)34(50)40-27(12-8-9-13-36)33(49)39-23(2)32(48)42-29(35(51)52)20-55-21-38-30(46)19-43(14-16-53-24(3)44)15-17-54-25(4)45/h5-7,10-11,22-23,27-29H,8-9,12-21,36-37H2,1-4H3,(H,38,46)(H,39,49)(H,40,50)(H,41,47)(H,42,48)(H,51,52)/t22-,23-,27-,28-,29-/m0/s1. The van der Waals surface area contributed by atoms with E-state index in [0.29, 0.717) is 19.4 Å². The molecule has 20 heteroatoms. The van der Waals surface area contributed by atoms with Gasteiger partial charge in [-0.05, 0) is 45.2 Å². The van der Waals surface area contributed by atoms with Gasteiger partial charge in [0, 0.05) is 39.1 Å². The molecular formula is C35H56N8O11S. The average molecular weight is 797 g/mol. The highest BCUT2D eigenvalue weighted by atomic mass is 32.2. The van der Waals surface area contributed by atoms with Crippen molar-refractivity contribution in [2.75, 3.05) is 51.0 Å². The van der Waals surface area contributed by atoms with Gasteiger partial charge in [0.25, 0.3) is 0 Å². The summed E-state index contributed by atoms with van der Waals surface area (Å²) in [7, 11) is 0. The SMILES string of the molecule is CC(=O)OCCN(CCOC(C)=O)CC(=O)NCSC[C@H](NC(=O)[C@H](C)NC(=O)[C@H](CCCCN)NC(=O)[C@H](Cc1ccccc1)NC(=O)[C@H](C)N)C(=O)O. The molecule has 0 aliphatic rings. The van der Waals surface area contributed by atoms with Crippen LogP contribution in [0.3, 0.4) is 0 Å². The van der Waals surface area contributed by atoms with Crippen LogP contribution in [0, 0.1) is 0 Å². The monoisotopic (exact) mass is 796 g/mol. The number of hydrogen-bond acceptors (Lipinski definition) is 14. The zero-order valence-corrected chi connectivity index (χ0v) is 32.6. The lowest BCUT2D eigenvalue weighted by Gasteiger charge is -2.25. The van der Waals surface area contributed by atoms with Crippen LogP contribution in [-0.4, -0.2) is 139 Å². The zero-order chi connectivity index (χ0) is 41.3. The number of carboxylic acid groups (broad SMARTS) is 1. The molecule has 0 unspecified atom stereocenters. The first-order valence-corrected chi connectivity index (χ1v) is 19.0. The molecule has 0 saturated carbocycles. The number of benzene rings is 1. The van der Waals surface area contributed by atoms with Gasteiger partial charge in [0.1, 0.15) is 37.4 Å². The van der Waals surface area contributed by atoms with E-state index in [1.54, 1.807) is 35.2 Å². The number of carboxylic acids is 1. The van der Waals surface area contributed by atoms with E-state index in [0.717, 1.165) is 17.3 Å². The molecule has 55 heavy (non-hydrogen) atoms. The first-order valence-electron chi connectivity index (χ1n) is 17.8. The molecule has 5 atom stereocenters. The van der Waals surface area contributed by atoms with Crippen LogP contribution < -0.4 is 38.1 Å². The highest BCUT2D eigenvalue weighted by molar-refractivity contribution is 7.99. The number of nitrogens with zero attached hydrogens (tertiary/aromatic N) is 1. The Hall–Kier alpha value is -4.79. The average Bonchev–Trinajstić information content (AvgIpc) is 3.11. The second-order valence-electron chi connectivity index (χ2n) is 12.6. The summed E-state index contributed by atoms with van der Waals surface area (Å²) in [6.45, 7) is 5.98. The van der Waals surface area contributed by atoms with Gasteiger partial charge in [0.05, 0.1) is 18.5 Å². The number of unbranched alkanes of at least 4 members (excludes halogenated alkanes) is 1. The first kappa shape index (κ1) is 48.2. The van der Waals surface area contributed by atoms with E-state index in [1.165, 1.54) is 27.7 Å². The Bertz CT molecular complexity index is 1400. The molecule has 0 bridgehead atoms. The number of carbonyl (C=O) groups excluding carboxylic acids is 7. The summed E-state index contributed by atoms with van der Waals surface area (Å²) in [6, 6.07) is 3.26. The van der Waals surface area contributed by atoms with Crippen LogP contribution >= 0.6 is 11.8 Å². The summed E-state index contributed by atoms with van der Waals surface area (Å²) >= 11 is 1.02. The van der Waals surface area contributed by atoms with E-state index < -0.39 is 77.7 Å². The van der Waals surface area contributed by atoms with Gasteiger partial charge in [0.15, 0.2) is 0 Å². The van der Waals surface area contributed by atoms with Crippen LogP contribution in [0.25, 0.3) is 0 Å². The Balaban J connectivity index is 2.81. The van der Waals surface area contributed by atoms with Crippen molar-refractivity contribution in [3.63, 3.8) is 0 Å². The number of nitrogens with one attached hydrogen (secondary N) is 5. The molecule has 0 radical (unpaired) electrons. The number of esters is 2. The predicted octanol–water partition coefficient (Wildman–Crippen LogP) is -2.02. The van der Waals surface area contributed by atoms with E-state index in [2.05, 4.69) is 26.6 Å². The number of nitrogens with two attached hydrogens (primary N) is 2. The lowest BCUT2D eigenvalue weighted by molar-refractivity contribution is -0.142. The maximum atomic E-state index is 13.5. The third-order valence-electron chi connectivity index (χ3n) is 7.72. The van der Waals surface area contributed by atoms with Gasteiger partial charge < -0.3 is 52.6 Å². The quantitative estimate of drug-likeness (QED) is 0.0271. The molecule has 19 nitrogen and oxygen atoms in total. The van der Waals surface area contributed by atoms with Crippen molar-refractivity contribution in [3.8, 4) is 0 Å². The van der Waals surface area contributed by atoms with Crippen LogP contribution in [0.15, 0.2) is 30.3 Å². The van der Waals surface area contributed by atoms with Gasteiger partial charge in [-0.25, -0.2) is 4.79 Å². The highest BCUT2D eigenvalue weighted by Gasteiger charge is 2.30.